The van der Waals surface area contributed by atoms with Crippen molar-refractivity contribution < 1.29 is 18.8 Å². The Morgan fingerprint density at radius 3 is 2.41 bits per heavy atom. The molecule has 2 heterocycles. The molecule has 0 aliphatic rings. The molecule has 204 valence electrons. The van der Waals surface area contributed by atoms with Crippen molar-refractivity contribution in [3.05, 3.63) is 97.5 Å². The van der Waals surface area contributed by atoms with E-state index >= 15 is 0 Å². The highest BCUT2D eigenvalue weighted by atomic mass is 16.6. The summed E-state index contributed by atoms with van der Waals surface area (Å²) in [7, 11) is 0. The fourth-order valence-electron chi connectivity index (χ4n) is 4.26. The number of ether oxygens (including phenoxy) is 2. The van der Waals surface area contributed by atoms with E-state index < -0.39 is 23.1 Å². The fraction of sp³-hybridized carbons (Fsp3) is 0.310. The Labute approximate surface area is 225 Å². The molecule has 2 aromatic heterocycles. The maximum Gasteiger partial charge on any atom is 0.440 e. The predicted molar refractivity (Wildman–Crippen MR) is 147 cm³/mol. The van der Waals surface area contributed by atoms with Gasteiger partial charge < -0.3 is 14.0 Å². The van der Waals surface area contributed by atoms with Crippen molar-refractivity contribution in [2.24, 2.45) is 0 Å². The molecule has 10 nitrogen and oxygen atoms in total. The van der Waals surface area contributed by atoms with Crippen LogP contribution in [0, 0.1) is 20.8 Å². The van der Waals surface area contributed by atoms with E-state index in [1.54, 1.807) is 12.1 Å². The third-order valence-corrected chi connectivity index (χ3v) is 6.01. The Balaban J connectivity index is 1.47. The van der Waals surface area contributed by atoms with Gasteiger partial charge in [-0.05, 0) is 87.6 Å². The number of aryl methyl sites for hydroxylation is 2. The summed E-state index contributed by atoms with van der Waals surface area (Å²) in [5.74, 6) is 0.317. The average Bonchev–Trinajstić information content (AvgIpc) is 3.14. The Hall–Kier alpha value is -4.60. The Morgan fingerprint density at radius 2 is 1.79 bits per heavy atom. The normalized spacial score (nSPS) is 11.3. The third kappa shape index (κ3) is 6.84. The number of hydrogen-bond donors (Lipinski definition) is 2. The van der Waals surface area contributed by atoms with Gasteiger partial charge in [-0.25, -0.2) is 24.4 Å². The molecular formula is C29H32N4O6. The Kier molecular flexibility index (Phi) is 7.75. The largest absolute Gasteiger partial charge is 0.489 e. The van der Waals surface area contributed by atoms with Gasteiger partial charge in [0.2, 0.25) is 0 Å². The number of aromatic nitrogens is 3. The number of carbonyl (C=O) groups excluding carboxylic acids is 1. The van der Waals surface area contributed by atoms with Gasteiger partial charge in [0.05, 0.1) is 6.54 Å². The molecule has 0 spiro atoms. The van der Waals surface area contributed by atoms with Crippen LogP contribution in [0.3, 0.4) is 0 Å². The Bertz CT molecular complexity index is 1580. The zero-order valence-corrected chi connectivity index (χ0v) is 22.9. The number of pyridine rings is 1. The van der Waals surface area contributed by atoms with Crippen molar-refractivity contribution in [2.75, 3.05) is 5.32 Å². The number of anilines is 1. The quantitative estimate of drug-likeness (QED) is 0.339. The monoisotopic (exact) mass is 532 g/mol. The van der Waals surface area contributed by atoms with Crippen LogP contribution in [0.25, 0.3) is 11.1 Å². The molecule has 4 aromatic rings. The molecular weight excluding hydrogens is 500 g/mol. The highest BCUT2D eigenvalue weighted by molar-refractivity contribution is 5.85. The maximum absolute atomic E-state index is 12.2. The lowest BCUT2D eigenvalue weighted by molar-refractivity contribution is 0.0635. The van der Waals surface area contributed by atoms with Crippen LogP contribution in [0.5, 0.6) is 5.75 Å². The van der Waals surface area contributed by atoms with E-state index in [0.29, 0.717) is 18.2 Å². The van der Waals surface area contributed by atoms with E-state index in [1.807, 2.05) is 77.9 Å². The molecule has 0 saturated carbocycles. The number of rotatable bonds is 7. The van der Waals surface area contributed by atoms with Gasteiger partial charge in [-0.1, -0.05) is 30.3 Å². The molecule has 0 saturated heterocycles. The SMILES string of the molecule is Cc1cc(NC(=O)OC(C)(C)C)nc(C)c1-c1cccc(COc2ccc(Cn3oc(=O)[nH]c3=O)cc2)c1C. The van der Waals surface area contributed by atoms with Crippen molar-refractivity contribution in [3.8, 4) is 16.9 Å². The van der Waals surface area contributed by atoms with Gasteiger partial charge in [-0.15, -0.1) is 4.74 Å². The molecule has 0 bridgehead atoms. The Morgan fingerprint density at radius 1 is 1.08 bits per heavy atom. The minimum absolute atomic E-state index is 0.137. The summed E-state index contributed by atoms with van der Waals surface area (Å²) < 4.78 is 17.1. The fourth-order valence-corrected chi connectivity index (χ4v) is 4.26. The van der Waals surface area contributed by atoms with Crippen molar-refractivity contribution in [3.63, 3.8) is 0 Å². The topological polar surface area (TPSA) is 128 Å². The van der Waals surface area contributed by atoms with E-state index in [9.17, 15) is 14.4 Å². The van der Waals surface area contributed by atoms with E-state index in [1.165, 1.54) is 0 Å². The number of nitrogens with zero attached hydrogens (tertiary/aromatic N) is 2. The lowest BCUT2D eigenvalue weighted by Gasteiger charge is -2.20. The molecule has 0 unspecified atom stereocenters. The average molecular weight is 533 g/mol. The first-order valence-corrected chi connectivity index (χ1v) is 12.5. The molecule has 0 radical (unpaired) electrons. The first kappa shape index (κ1) is 27.4. The van der Waals surface area contributed by atoms with Crippen LogP contribution in [-0.4, -0.2) is 26.4 Å². The van der Waals surface area contributed by atoms with Crippen LogP contribution < -0.4 is 21.5 Å². The van der Waals surface area contributed by atoms with Crippen LogP contribution in [0.15, 0.2) is 62.6 Å². The number of hydrogen-bond acceptors (Lipinski definition) is 7. The lowest BCUT2D eigenvalue weighted by atomic mass is 9.93. The number of nitrogens with one attached hydrogen (secondary N) is 2. The molecule has 0 fully saturated rings. The highest BCUT2D eigenvalue weighted by Gasteiger charge is 2.18. The molecule has 39 heavy (non-hydrogen) atoms. The van der Waals surface area contributed by atoms with Crippen LogP contribution in [0.4, 0.5) is 10.6 Å². The molecule has 0 atom stereocenters. The molecule has 2 aromatic carbocycles. The third-order valence-electron chi connectivity index (χ3n) is 6.01. The van der Waals surface area contributed by atoms with Crippen molar-refractivity contribution in [1.82, 2.24) is 14.7 Å². The van der Waals surface area contributed by atoms with Gasteiger partial charge in [0.15, 0.2) is 0 Å². The van der Waals surface area contributed by atoms with Gasteiger partial charge in [0.1, 0.15) is 23.8 Å². The summed E-state index contributed by atoms with van der Waals surface area (Å²) in [6.45, 7) is 11.9. The zero-order valence-electron chi connectivity index (χ0n) is 22.9. The maximum atomic E-state index is 12.2. The first-order valence-electron chi connectivity index (χ1n) is 12.5. The van der Waals surface area contributed by atoms with Crippen LogP contribution in [-0.2, 0) is 17.9 Å². The lowest BCUT2D eigenvalue weighted by Crippen LogP contribution is -2.27. The summed E-state index contributed by atoms with van der Waals surface area (Å²) in [5, 5.41) is 2.71. The van der Waals surface area contributed by atoms with Crippen molar-refractivity contribution >= 4 is 11.9 Å². The number of benzene rings is 2. The summed E-state index contributed by atoms with van der Waals surface area (Å²) in [6, 6.07) is 15.1. The van der Waals surface area contributed by atoms with E-state index in [4.69, 9.17) is 14.0 Å². The van der Waals surface area contributed by atoms with Gasteiger partial charge in [-0.3, -0.25) is 5.32 Å². The molecule has 0 aliphatic carbocycles. The second-order valence-corrected chi connectivity index (χ2v) is 10.3. The predicted octanol–water partition coefficient (Wildman–Crippen LogP) is 5.09. The second kappa shape index (κ2) is 11.0. The summed E-state index contributed by atoms with van der Waals surface area (Å²) in [4.78, 5) is 41.7. The number of amides is 1. The highest BCUT2D eigenvalue weighted by Crippen LogP contribution is 2.32. The minimum atomic E-state index is -0.785. The van der Waals surface area contributed by atoms with E-state index in [2.05, 4.69) is 15.3 Å². The summed E-state index contributed by atoms with van der Waals surface area (Å²) in [6.07, 6.45) is -0.546. The number of aromatic amines is 1. The molecule has 1 amide bonds. The second-order valence-electron chi connectivity index (χ2n) is 10.3. The van der Waals surface area contributed by atoms with Gasteiger partial charge in [0, 0.05) is 11.3 Å². The van der Waals surface area contributed by atoms with Crippen molar-refractivity contribution in [1.29, 1.82) is 0 Å². The standard InChI is InChI=1S/C29H32N4O6/c1-17-14-24(31-27(35)38-29(4,5)6)30-19(3)25(17)23-9-7-8-21(18(23)2)16-37-22-12-10-20(11-13-22)15-33-26(34)32-28(36)39-33/h7-14H,15-16H2,1-6H3,(H,30,31,35)(H,32,34,36). The number of carbonyl (C=O) groups is 1. The van der Waals surface area contributed by atoms with Gasteiger partial charge in [-0.2, -0.15) is 0 Å². The summed E-state index contributed by atoms with van der Waals surface area (Å²) in [5.41, 5.74) is 5.48. The molecule has 0 aliphatic heterocycles. The van der Waals surface area contributed by atoms with E-state index in [0.717, 1.165) is 43.8 Å². The van der Waals surface area contributed by atoms with Gasteiger partial charge in [0.25, 0.3) is 0 Å². The van der Waals surface area contributed by atoms with E-state index in [-0.39, 0.29) is 6.54 Å². The van der Waals surface area contributed by atoms with Crippen LogP contribution in [0.2, 0.25) is 0 Å². The summed E-state index contributed by atoms with van der Waals surface area (Å²) >= 11 is 0. The molecule has 10 heteroatoms. The first-order chi connectivity index (χ1) is 18.4. The molecule has 4 rings (SSSR count). The molecule has 2 N–H and O–H groups in total. The minimum Gasteiger partial charge on any atom is -0.489 e. The van der Waals surface area contributed by atoms with Crippen LogP contribution in [0.1, 0.15) is 48.7 Å². The number of H-pyrrole nitrogens is 1. The smallest absolute Gasteiger partial charge is 0.440 e. The zero-order chi connectivity index (χ0) is 28.3. The van der Waals surface area contributed by atoms with Crippen LogP contribution >= 0.6 is 0 Å². The van der Waals surface area contributed by atoms with Crippen molar-refractivity contribution in [2.45, 2.75) is 60.3 Å². The van der Waals surface area contributed by atoms with Gasteiger partial charge >= 0.3 is 17.5 Å².